The van der Waals surface area contributed by atoms with E-state index in [2.05, 4.69) is 10.6 Å². The van der Waals surface area contributed by atoms with E-state index in [9.17, 15) is 18.0 Å². The second-order valence-corrected chi connectivity index (χ2v) is 7.15. The van der Waals surface area contributed by atoms with Gasteiger partial charge in [0.25, 0.3) is 0 Å². The molecular formula is C15H21N3O6S. The van der Waals surface area contributed by atoms with Crippen molar-refractivity contribution < 1.29 is 27.5 Å². The highest BCUT2D eigenvalue weighted by molar-refractivity contribution is 7.89. The summed E-state index contributed by atoms with van der Waals surface area (Å²) in [6.07, 6.45) is -0.343. The van der Waals surface area contributed by atoms with Crippen molar-refractivity contribution in [1.29, 1.82) is 0 Å². The van der Waals surface area contributed by atoms with Crippen molar-refractivity contribution in [2.24, 2.45) is 0 Å². The monoisotopic (exact) mass is 371 g/mol. The minimum absolute atomic E-state index is 0.0985. The van der Waals surface area contributed by atoms with Crippen LogP contribution in [0.5, 0.6) is 5.75 Å². The molecule has 0 aliphatic carbocycles. The lowest BCUT2D eigenvalue weighted by molar-refractivity contribution is -0.139. The molecule has 10 heteroatoms. The molecule has 1 atom stereocenters. The van der Waals surface area contributed by atoms with Gasteiger partial charge in [0.15, 0.2) is 0 Å². The summed E-state index contributed by atoms with van der Waals surface area (Å²) in [5.74, 6) is -1.11. The number of carbonyl (C=O) groups is 2. The summed E-state index contributed by atoms with van der Waals surface area (Å²) in [4.78, 5) is 22.9. The van der Waals surface area contributed by atoms with Gasteiger partial charge in [-0.2, -0.15) is 4.31 Å². The Bertz CT molecular complexity index is 719. The third kappa shape index (κ3) is 4.47. The number of sulfonamides is 1. The standard InChI is InChI=1S/C15H21N3O6S/c1-16-14(19)15(20)17-10-13-18(8-3-9-24-13)25(21,22)12-6-4-11(23-2)5-7-12/h4-7,13H,3,8-10H2,1-2H3,(H,16,19)(H,17,20). The van der Waals surface area contributed by atoms with Gasteiger partial charge in [0.2, 0.25) is 10.0 Å². The summed E-state index contributed by atoms with van der Waals surface area (Å²) in [7, 11) is -0.983. The van der Waals surface area contributed by atoms with Crippen LogP contribution in [0.15, 0.2) is 29.2 Å². The van der Waals surface area contributed by atoms with Crippen LogP contribution in [0.3, 0.4) is 0 Å². The summed E-state index contributed by atoms with van der Waals surface area (Å²) in [5, 5.41) is 4.57. The molecule has 0 saturated carbocycles. The summed E-state index contributed by atoms with van der Waals surface area (Å²) in [5.41, 5.74) is 0. The average molecular weight is 371 g/mol. The summed E-state index contributed by atoms with van der Waals surface area (Å²) in [6.45, 7) is 0.506. The highest BCUT2D eigenvalue weighted by Crippen LogP contribution is 2.23. The molecule has 1 aliphatic rings. The van der Waals surface area contributed by atoms with Crippen molar-refractivity contribution >= 4 is 21.8 Å². The molecule has 1 aromatic carbocycles. The molecule has 1 aliphatic heterocycles. The van der Waals surface area contributed by atoms with E-state index >= 15 is 0 Å². The normalized spacial score (nSPS) is 18.4. The van der Waals surface area contributed by atoms with Gasteiger partial charge in [-0.15, -0.1) is 0 Å². The van der Waals surface area contributed by atoms with Gasteiger partial charge in [0.05, 0.1) is 25.2 Å². The van der Waals surface area contributed by atoms with Gasteiger partial charge in [-0.3, -0.25) is 9.59 Å². The summed E-state index contributed by atoms with van der Waals surface area (Å²) < 4.78 is 37.4. The fraction of sp³-hybridized carbons (Fsp3) is 0.467. The average Bonchev–Trinajstić information content (AvgIpc) is 2.65. The van der Waals surface area contributed by atoms with E-state index in [0.29, 0.717) is 18.8 Å². The van der Waals surface area contributed by atoms with Crippen LogP contribution in [0.25, 0.3) is 0 Å². The molecule has 1 saturated heterocycles. The Morgan fingerprint density at radius 1 is 1.28 bits per heavy atom. The number of ether oxygens (including phenoxy) is 2. The van der Waals surface area contributed by atoms with Crippen molar-refractivity contribution in [2.45, 2.75) is 17.5 Å². The first-order valence-electron chi connectivity index (χ1n) is 7.67. The highest BCUT2D eigenvalue weighted by Gasteiger charge is 2.34. The third-order valence-corrected chi connectivity index (χ3v) is 5.59. The summed E-state index contributed by atoms with van der Waals surface area (Å²) in [6, 6.07) is 6.01. The van der Waals surface area contributed by atoms with Gasteiger partial charge < -0.3 is 20.1 Å². The first kappa shape index (κ1) is 19.2. The van der Waals surface area contributed by atoms with Gasteiger partial charge in [0, 0.05) is 13.6 Å². The molecule has 0 radical (unpaired) electrons. The minimum atomic E-state index is -3.81. The van der Waals surface area contributed by atoms with Crippen LogP contribution in [-0.2, 0) is 24.3 Å². The van der Waals surface area contributed by atoms with Gasteiger partial charge >= 0.3 is 11.8 Å². The molecule has 1 aromatic rings. The SMILES string of the molecule is CNC(=O)C(=O)NCC1OCCCN1S(=O)(=O)c1ccc(OC)cc1. The molecule has 1 fully saturated rings. The number of nitrogens with one attached hydrogen (secondary N) is 2. The number of likely N-dealkylation sites (N-methyl/N-ethyl adjacent to an activating group) is 1. The molecule has 25 heavy (non-hydrogen) atoms. The molecule has 0 aromatic heterocycles. The zero-order valence-corrected chi connectivity index (χ0v) is 14.8. The smallest absolute Gasteiger partial charge is 0.309 e. The zero-order chi connectivity index (χ0) is 18.4. The number of methoxy groups -OCH3 is 1. The highest BCUT2D eigenvalue weighted by atomic mass is 32.2. The van der Waals surface area contributed by atoms with Crippen LogP contribution in [-0.4, -0.2) is 64.6 Å². The maximum atomic E-state index is 12.8. The maximum Gasteiger partial charge on any atom is 0.309 e. The number of rotatable bonds is 5. The first-order valence-corrected chi connectivity index (χ1v) is 9.11. The van der Waals surface area contributed by atoms with Crippen molar-refractivity contribution in [3.8, 4) is 5.75 Å². The van der Waals surface area contributed by atoms with Crippen molar-refractivity contribution in [3.63, 3.8) is 0 Å². The molecule has 9 nitrogen and oxygen atoms in total. The number of hydrogen-bond donors (Lipinski definition) is 2. The van der Waals surface area contributed by atoms with Crippen molar-refractivity contribution in [1.82, 2.24) is 14.9 Å². The second-order valence-electron chi connectivity index (χ2n) is 5.26. The fourth-order valence-corrected chi connectivity index (χ4v) is 3.92. The van der Waals surface area contributed by atoms with E-state index < -0.39 is 28.1 Å². The van der Waals surface area contributed by atoms with Crippen molar-refractivity contribution in [2.75, 3.05) is 33.9 Å². The predicted octanol–water partition coefficient (Wildman–Crippen LogP) is -0.705. The molecule has 2 rings (SSSR count). The number of nitrogens with zero attached hydrogens (tertiary/aromatic N) is 1. The van der Waals surface area contributed by atoms with Crippen molar-refractivity contribution in [3.05, 3.63) is 24.3 Å². The van der Waals surface area contributed by atoms with E-state index in [1.54, 1.807) is 12.1 Å². The topological polar surface area (TPSA) is 114 Å². The van der Waals surface area contributed by atoms with Crippen LogP contribution < -0.4 is 15.4 Å². The molecule has 2 N–H and O–H groups in total. The van der Waals surface area contributed by atoms with E-state index in [1.807, 2.05) is 0 Å². The van der Waals surface area contributed by atoms with Crippen LogP contribution >= 0.6 is 0 Å². The van der Waals surface area contributed by atoms with E-state index in [4.69, 9.17) is 9.47 Å². The largest absolute Gasteiger partial charge is 0.497 e. The molecule has 1 unspecified atom stereocenters. The Balaban J connectivity index is 2.15. The van der Waals surface area contributed by atoms with Gasteiger partial charge in [0.1, 0.15) is 12.0 Å². The number of hydrogen-bond acceptors (Lipinski definition) is 6. The van der Waals surface area contributed by atoms with E-state index in [-0.39, 0.29) is 18.0 Å². The number of carbonyl (C=O) groups excluding carboxylic acids is 2. The minimum Gasteiger partial charge on any atom is -0.497 e. The fourth-order valence-electron chi connectivity index (χ4n) is 2.36. The Kier molecular flexibility index (Phi) is 6.34. The zero-order valence-electron chi connectivity index (χ0n) is 14.0. The molecular weight excluding hydrogens is 350 g/mol. The van der Waals surface area contributed by atoms with E-state index in [0.717, 1.165) is 0 Å². The van der Waals surface area contributed by atoms with E-state index in [1.165, 1.54) is 30.6 Å². The molecule has 138 valence electrons. The second kappa shape index (κ2) is 8.28. The predicted molar refractivity (Wildman–Crippen MR) is 88.3 cm³/mol. The van der Waals surface area contributed by atoms with Gasteiger partial charge in [-0.1, -0.05) is 0 Å². The Hall–Kier alpha value is -2.17. The van der Waals surface area contributed by atoms with Gasteiger partial charge in [-0.25, -0.2) is 8.42 Å². The van der Waals surface area contributed by atoms with Crippen LogP contribution in [0, 0.1) is 0 Å². The Labute approximate surface area is 146 Å². The first-order chi connectivity index (χ1) is 11.9. The lowest BCUT2D eigenvalue weighted by Gasteiger charge is -2.34. The van der Waals surface area contributed by atoms with Crippen LogP contribution in [0.1, 0.15) is 6.42 Å². The number of amides is 2. The number of benzene rings is 1. The lowest BCUT2D eigenvalue weighted by atomic mass is 10.3. The third-order valence-electron chi connectivity index (χ3n) is 3.69. The van der Waals surface area contributed by atoms with Gasteiger partial charge in [-0.05, 0) is 30.7 Å². The van der Waals surface area contributed by atoms with Crippen LogP contribution in [0.4, 0.5) is 0 Å². The summed E-state index contributed by atoms with van der Waals surface area (Å²) >= 11 is 0. The lowest BCUT2D eigenvalue weighted by Crippen LogP contribution is -2.52. The molecule has 0 spiro atoms. The maximum absolute atomic E-state index is 12.8. The Morgan fingerprint density at radius 3 is 2.56 bits per heavy atom. The molecule has 2 amide bonds. The molecule has 0 bridgehead atoms. The molecule has 1 heterocycles. The Morgan fingerprint density at radius 2 is 1.96 bits per heavy atom. The van der Waals surface area contributed by atoms with Crippen LogP contribution in [0.2, 0.25) is 0 Å². The quantitative estimate of drug-likeness (QED) is 0.661.